The summed E-state index contributed by atoms with van der Waals surface area (Å²) in [7, 11) is 0. The first kappa shape index (κ1) is 24.4. The predicted octanol–water partition coefficient (Wildman–Crippen LogP) is 4.20. The van der Waals surface area contributed by atoms with E-state index in [0.717, 1.165) is 19.4 Å². The van der Waals surface area contributed by atoms with Crippen molar-refractivity contribution in [2.24, 2.45) is 0 Å². The SMILES string of the molecule is CC(OC(=O)c1ccc(OCC2CCCO2)cc1)C(=O)Nc1ccc2c(c1)C(=O)c1ccccc1C2=O. The van der Waals surface area contributed by atoms with E-state index >= 15 is 0 Å². The molecule has 3 aromatic rings. The zero-order valence-corrected chi connectivity index (χ0v) is 20.2. The summed E-state index contributed by atoms with van der Waals surface area (Å²) in [6.07, 6.45) is 0.993. The minimum atomic E-state index is -1.10. The second-order valence-corrected chi connectivity index (χ2v) is 8.97. The number of carbonyl (C=O) groups is 4. The summed E-state index contributed by atoms with van der Waals surface area (Å²) in [5, 5.41) is 2.65. The van der Waals surface area contributed by atoms with Crippen molar-refractivity contribution >= 4 is 29.1 Å². The number of fused-ring (bicyclic) bond motifs is 2. The molecule has 0 bridgehead atoms. The van der Waals surface area contributed by atoms with Gasteiger partial charge in [-0.1, -0.05) is 24.3 Å². The maximum absolute atomic E-state index is 12.9. The van der Waals surface area contributed by atoms with Crippen LogP contribution < -0.4 is 10.1 Å². The van der Waals surface area contributed by atoms with Crippen LogP contribution in [0.5, 0.6) is 5.75 Å². The zero-order chi connectivity index (χ0) is 25.9. The van der Waals surface area contributed by atoms with E-state index < -0.39 is 18.0 Å². The third kappa shape index (κ3) is 5.15. The van der Waals surface area contributed by atoms with Gasteiger partial charge in [-0.2, -0.15) is 0 Å². The molecular formula is C29H25NO7. The molecule has 3 aromatic carbocycles. The Kier molecular flexibility index (Phi) is 6.83. The zero-order valence-electron chi connectivity index (χ0n) is 20.2. The van der Waals surface area contributed by atoms with Crippen LogP contribution in [0.1, 0.15) is 62.0 Å². The van der Waals surface area contributed by atoms with Crippen LogP contribution in [0.3, 0.4) is 0 Å². The van der Waals surface area contributed by atoms with Crippen molar-refractivity contribution in [1.29, 1.82) is 0 Å². The van der Waals surface area contributed by atoms with Gasteiger partial charge in [0.15, 0.2) is 17.7 Å². The Morgan fingerprint density at radius 1 is 0.946 bits per heavy atom. The fourth-order valence-corrected chi connectivity index (χ4v) is 4.36. The van der Waals surface area contributed by atoms with Crippen molar-refractivity contribution in [2.75, 3.05) is 18.5 Å². The number of amides is 1. The molecule has 1 heterocycles. The van der Waals surface area contributed by atoms with E-state index in [1.54, 1.807) is 54.6 Å². The van der Waals surface area contributed by atoms with Gasteiger partial charge in [-0.05, 0) is 62.2 Å². The Bertz CT molecular complexity index is 1370. The highest BCUT2D eigenvalue weighted by Gasteiger charge is 2.30. The predicted molar refractivity (Wildman–Crippen MR) is 134 cm³/mol. The summed E-state index contributed by atoms with van der Waals surface area (Å²) < 4.78 is 16.5. The number of anilines is 1. The number of carbonyl (C=O) groups excluding carboxylic acids is 4. The van der Waals surface area contributed by atoms with Crippen LogP contribution in [0.25, 0.3) is 0 Å². The summed E-state index contributed by atoms with van der Waals surface area (Å²) in [4.78, 5) is 50.9. The molecule has 1 aliphatic heterocycles. The Balaban J connectivity index is 1.19. The lowest BCUT2D eigenvalue weighted by atomic mass is 9.84. The number of esters is 1. The van der Waals surface area contributed by atoms with Crippen molar-refractivity contribution in [2.45, 2.75) is 32.0 Å². The molecule has 0 saturated carbocycles. The topological polar surface area (TPSA) is 108 Å². The summed E-state index contributed by atoms with van der Waals surface area (Å²) in [5.41, 5.74) is 1.78. The van der Waals surface area contributed by atoms with Gasteiger partial charge >= 0.3 is 5.97 Å². The lowest BCUT2D eigenvalue weighted by Gasteiger charge is -2.19. The molecule has 0 spiro atoms. The molecule has 0 aromatic heterocycles. The Labute approximate surface area is 213 Å². The van der Waals surface area contributed by atoms with E-state index in [0.29, 0.717) is 29.2 Å². The lowest BCUT2D eigenvalue weighted by molar-refractivity contribution is -0.123. The van der Waals surface area contributed by atoms with Crippen molar-refractivity contribution in [3.8, 4) is 5.75 Å². The largest absolute Gasteiger partial charge is 0.491 e. The minimum Gasteiger partial charge on any atom is -0.491 e. The van der Waals surface area contributed by atoms with E-state index in [9.17, 15) is 19.2 Å². The first-order valence-electron chi connectivity index (χ1n) is 12.1. The van der Waals surface area contributed by atoms with Gasteiger partial charge in [0.2, 0.25) is 0 Å². The van der Waals surface area contributed by atoms with Gasteiger partial charge in [-0.25, -0.2) is 4.79 Å². The van der Waals surface area contributed by atoms with E-state index in [-0.39, 0.29) is 34.4 Å². The average molecular weight is 500 g/mol. The molecule has 37 heavy (non-hydrogen) atoms. The van der Waals surface area contributed by atoms with Gasteiger partial charge in [0.25, 0.3) is 5.91 Å². The van der Waals surface area contributed by atoms with E-state index in [1.807, 2.05) is 0 Å². The van der Waals surface area contributed by atoms with Crippen molar-refractivity contribution in [1.82, 2.24) is 0 Å². The Morgan fingerprint density at radius 3 is 2.30 bits per heavy atom. The molecular weight excluding hydrogens is 474 g/mol. The normalized spacial score (nSPS) is 16.9. The molecule has 0 radical (unpaired) electrons. The first-order valence-corrected chi connectivity index (χ1v) is 12.1. The van der Waals surface area contributed by atoms with Crippen LogP contribution in [-0.2, 0) is 14.3 Å². The molecule has 1 fully saturated rings. The highest BCUT2D eigenvalue weighted by Crippen LogP contribution is 2.29. The van der Waals surface area contributed by atoms with Gasteiger partial charge < -0.3 is 19.5 Å². The van der Waals surface area contributed by atoms with Crippen LogP contribution in [0.4, 0.5) is 5.69 Å². The molecule has 8 heteroatoms. The van der Waals surface area contributed by atoms with Crippen molar-refractivity contribution in [3.63, 3.8) is 0 Å². The van der Waals surface area contributed by atoms with Gasteiger partial charge in [-0.15, -0.1) is 0 Å². The molecule has 2 aliphatic rings. The van der Waals surface area contributed by atoms with E-state index in [1.165, 1.54) is 19.1 Å². The highest BCUT2D eigenvalue weighted by atomic mass is 16.5. The monoisotopic (exact) mass is 499 g/mol. The number of hydrogen-bond acceptors (Lipinski definition) is 7. The second-order valence-electron chi connectivity index (χ2n) is 8.97. The fourth-order valence-electron chi connectivity index (χ4n) is 4.36. The molecule has 1 aliphatic carbocycles. The van der Waals surface area contributed by atoms with Crippen LogP contribution >= 0.6 is 0 Å². The smallest absolute Gasteiger partial charge is 0.338 e. The number of ketones is 2. The molecule has 5 rings (SSSR count). The molecule has 1 N–H and O–H groups in total. The number of hydrogen-bond donors (Lipinski definition) is 1. The maximum Gasteiger partial charge on any atom is 0.338 e. The van der Waals surface area contributed by atoms with Crippen LogP contribution in [0.2, 0.25) is 0 Å². The third-order valence-corrected chi connectivity index (χ3v) is 6.40. The van der Waals surface area contributed by atoms with Crippen molar-refractivity contribution < 1.29 is 33.4 Å². The highest BCUT2D eigenvalue weighted by molar-refractivity contribution is 6.28. The van der Waals surface area contributed by atoms with Crippen LogP contribution in [-0.4, -0.2) is 48.9 Å². The standard InChI is InChI=1S/C29H25NO7/c1-17(37-29(34)18-8-11-20(12-9-18)36-16-21-5-4-14-35-21)28(33)30-19-10-13-24-25(15-19)27(32)23-7-3-2-6-22(23)26(24)31/h2-3,6-13,15,17,21H,4-5,14,16H2,1H3,(H,30,33). The molecule has 1 saturated heterocycles. The molecule has 188 valence electrons. The molecule has 8 nitrogen and oxygen atoms in total. The second kappa shape index (κ2) is 10.4. The Morgan fingerprint density at radius 2 is 1.62 bits per heavy atom. The van der Waals surface area contributed by atoms with E-state index in [2.05, 4.69) is 5.32 Å². The quantitative estimate of drug-likeness (QED) is 0.380. The number of nitrogens with one attached hydrogen (secondary N) is 1. The summed E-state index contributed by atoms with van der Waals surface area (Å²) in [5.74, 6) is -1.14. The number of ether oxygens (including phenoxy) is 3. The minimum absolute atomic E-state index is 0.0912. The lowest BCUT2D eigenvalue weighted by Crippen LogP contribution is -2.30. The molecule has 1 amide bonds. The number of benzene rings is 3. The Hall–Kier alpha value is -4.30. The summed E-state index contributed by atoms with van der Waals surface area (Å²) in [6.45, 7) is 2.66. The van der Waals surface area contributed by atoms with Gasteiger partial charge in [-0.3, -0.25) is 14.4 Å². The third-order valence-electron chi connectivity index (χ3n) is 6.40. The average Bonchev–Trinajstić information content (AvgIpc) is 3.44. The van der Waals surface area contributed by atoms with Crippen LogP contribution in [0, 0.1) is 0 Å². The van der Waals surface area contributed by atoms with E-state index in [4.69, 9.17) is 14.2 Å². The van der Waals surface area contributed by atoms with Gasteiger partial charge in [0, 0.05) is 34.5 Å². The van der Waals surface area contributed by atoms with Crippen LogP contribution in [0.15, 0.2) is 66.7 Å². The first-order chi connectivity index (χ1) is 17.9. The number of rotatable bonds is 7. The molecule has 2 atom stereocenters. The summed E-state index contributed by atoms with van der Waals surface area (Å²) in [6, 6.07) is 17.6. The fraction of sp³-hybridized carbons (Fsp3) is 0.241. The van der Waals surface area contributed by atoms with Crippen molar-refractivity contribution in [3.05, 3.63) is 94.5 Å². The molecule has 2 unspecified atom stereocenters. The maximum atomic E-state index is 12.9. The van der Waals surface area contributed by atoms with Gasteiger partial charge in [0.1, 0.15) is 12.4 Å². The van der Waals surface area contributed by atoms with Gasteiger partial charge in [0.05, 0.1) is 11.7 Å². The summed E-state index contributed by atoms with van der Waals surface area (Å²) >= 11 is 0.